The molecular weight excluding hydrogens is 532 g/mol. The first-order valence-corrected chi connectivity index (χ1v) is 13.5. The molecule has 2 heterocycles. The number of nitrogens with one attached hydrogen (secondary N) is 1. The van der Waals surface area contributed by atoms with E-state index in [-0.39, 0.29) is 35.3 Å². The van der Waals surface area contributed by atoms with E-state index < -0.39 is 53.5 Å². The van der Waals surface area contributed by atoms with E-state index in [2.05, 4.69) is 5.32 Å². The first-order chi connectivity index (χ1) is 19.4. The monoisotopic (exact) mass is 566 g/mol. The first kappa shape index (κ1) is 28.6. The standard InChI is InChI=1S/C30H34N2O9/c1-16-9-10-20(33)25-23(16)29-13-14-32(3)17(2)30(29,39)12-11-21(26(29)41-25)40-22(34)15-19(28(37)38)31-27(36)24(35)18-7-5-4-6-8-18/h4-11,17,19,24,26,33,35,39H,12-15H2,1-3H3,(H,31,36)(H,37,38)/t17-,19+,24+,26+,29+,30-/m1/s1. The molecule has 0 radical (unpaired) electrons. The number of aliphatic carboxylic acids is 1. The highest BCUT2D eigenvalue weighted by molar-refractivity contribution is 5.89. The third kappa shape index (κ3) is 4.54. The fourth-order valence-electron chi connectivity index (χ4n) is 6.58. The van der Waals surface area contributed by atoms with Crippen molar-refractivity contribution in [3.05, 3.63) is 71.0 Å². The lowest BCUT2D eigenvalue weighted by atomic mass is 9.54. The van der Waals surface area contributed by atoms with Gasteiger partial charge in [-0.25, -0.2) is 4.79 Å². The van der Waals surface area contributed by atoms with E-state index in [4.69, 9.17) is 9.47 Å². The quantitative estimate of drug-likeness (QED) is 0.311. The van der Waals surface area contributed by atoms with Crippen molar-refractivity contribution < 1.29 is 44.3 Å². The second-order valence-corrected chi connectivity index (χ2v) is 11.1. The first-order valence-electron chi connectivity index (χ1n) is 13.5. The van der Waals surface area contributed by atoms with Gasteiger partial charge in [0.15, 0.2) is 23.7 Å². The molecule has 11 nitrogen and oxygen atoms in total. The number of carbonyl (C=O) groups excluding carboxylic acids is 2. The van der Waals surface area contributed by atoms with Gasteiger partial charge < -0.3 is 40.1 Å². The Labute approximate surface area is 237 Å². The molecule has 0 saturated carbocycles. The second kappa shape index (κ2) is 10.5. The predicted molar refractivity (Wildman–Crippen MR) is 145 cm³/mol. The summed E-state index contributed by atoms with van der Waals surface area (Å²) in [4.78, 5) is 39.6. The number of carboxylic acid groups (broad SMARTS) is 1. The molecule has 2 aliphatic heterocycles. The highest BCUT2D eigenvalue weighted by atomic mass is 16.6. The van der Waals surface area contributed by atoms with Crippen LogP contribution >= 0.6 is 0 Å². The number of nitrogens with zero attached hydrogens (tertiary/aromatic N) is 1. The number of piperidine rings is 1. The van der Waals surface area contributed by atoms with Crippen LogP contribution in [0.2, 0.25) is 0 Å². The summed E-state index contributed by atoms with van der Waals surface area (Å²) in [6.07, 6.45) is -1.16. The molecule has 3 aliphatic rings. The number of carbonyl (C=O) groups is 3. The fraction of sp³-hybridized carbons (Fsp3) is 0.433. The van der Waals surface area contributed by atoms with Gasteiger partial charge in [-0.2, -0.15) is 0 Å². The molecule has 0 bridgehead atoms. The molecule has 1 aliphatic carbocycles. The molecule has 0 aromatic heterocycles. The summed E-state index contributed by atoms with van der Waals surface area (Å²) in [6.45, 7) is 4.40. The largest absolute Gasteiger partial charge is 0.504 e. The van der Waals surface area contributed by atoms with Crippen molar-refractivity contribution in [2.24, 2.45) is 0 Å². The summed E-state index contributed by atoms with van der Waals surface area (Å²) in [5.74, 6) is -3.17. The van der Waals surface area contributed by atoms with Crippen LogP contribution in [0, 0.1) is 6.92 Å². The third-order valence-electron chi connectivity index (χ3n) is 8.91. The summed E-state index contributed by atoms with van der Waals surface area (Å²) in [7, 11) is 1.92. The topological polar surface area (TPSA) is 166 Å². The number of likely N-dealkylation sites (tertiary alicyclic amines) is 1. The minimum atomic E-state index is -1.67. The molecule has 1 saturated heterocycles. The molecule has 2 aromatic carbocycles. The number of ether oxygens (including phenoxy) is 2. The Bertz CT molecular complexity index is 1410. The number of rotatable bonds is 7. The van der Waals surface area contributed by atoms with Gasteiger partial charge in [-0.05, 0) is 57.1 Å². The van der Waals surface area contributed by atoms with Gasteiger partial charge in [0.25, 0.3) is 5.91 Å². The van der Waals surface area contributed by atoms with E-state index in [0.29, 0.717) is 18.5 Å². The van der Waals surface area contributed by atoms with E-state index in [9.17, 15) is 34.8 Å². The van der Waals surface area contributed by atoms with Gasteiger partial charge in [0.05, 0.1) is 17.4 Å². The van der Waals surface area contributed by atoms with E-state index in [1.54, 1.807) is 30.3 Å². The molecular formula is C30H34N2O9. The number of aliphatic hydroxyl groups excluding tert-OH is 1. The van der Waals surface area contributed by atoms with Crippen LogP contribution in [0.3, 0.4) is 0 Å². The Morgan fingerprint density at radius 3 is 2.59 bits per heavy atom. The number of aromatic hydroxyl groups is 1. The van der Waals surface area contributed by atoms with E-state index in [1.807, 2.05) is 25.8 Å². The van der Waals surface area contributed by atoms with E-state index in [1.165, 1.54) is 18.2 Å². The molecule has 0 unspecified atom stereocenters. The molecule has 218 valence electrons. The van der Waals surface area contributed by atoms with Crippen LogP contribution in [0.1, 0.15) is 49.0 Å². The number of likely N-dealkylation sites (N-methyl/N-ethyl adjacent to an activating group) is 1. The summed E-state index contributed by atoms with van der Waals surface area (Å²) in [5.41, 5.74) is -0.617. The Morgan fingerprint density at radius 2 is 1.90 bits per heavy atom. The molecule has 6 atom stereocenters. The van der Waals surface area contributed by atoms with Crippen molar-refractivity contribution >= 4 is 17.8 Å². The number of carboxylic acids is 1. The van der Waals surface area contributed by atoms with Crippen LogP contribution in [0.15, 0.2) is 54.3 Å². The SMILES string of the molecule is Cc1ccc(O)c2c1[C@]13CCN(C)[C@H](C)[C@]1(O)CC=C(OC(=O)C[C@H](NC(=O)[C@@H](O)c1ccccc1)C(=O)O)[C@@H]3O2. The normalized spacial score (nSPS) is 28.2. The Morgan fingerprint density at radius 1 is 1.20 bits per heavy atom. The van der Waals surface area contributed by atoms with Gasteiger partial charge in [0.2, 0.25) is 0 Å². The maximum absolute atomic E-state index is 13.1. The van der Waals surface area contributed by atoms with Crippen molar-refractivity contribution in [1.29, 1.82) is 0 Å². The zero-order valence-corrected chi connectivity index (χ0v) is 23.0. The summed E-state index contributed by atoms with van der Waals surface area (Å²) < 4.78 is 11.9. The molecule has 2 aromatic rings. The van der Waals surface area contributed by atoms with Crippen LogP contribution in [0.25, 0.3) is 0 Å². The Hall–Kier alpha value is -3.93. The van der Waals surface area contributed by atoms with Crippen LogP contribution < -0.4 is 10.1 Å². The van der Waals surface area contributed by atoms with Crippen molar-refractivity contribution in [1.82, 2.24) is 10.2 Å². The fourth-order valence-corrected chi connectivity index (χ4v) is 6.58. The van der Waals surface area contributed by atoms with Gasteiger partial charge >= 0.3 is 11.9 Å². The lowest BCUT2D eigenvalue weighted by molar-refractivity contribution is -0.163. The van der Waals surface area contributed by atoms with Gasteiger partial charge in [0, 0.05) is 18.0 Å². The average Bonchev–Trinajstić information content (AvgIpc) is 3.32. The van der Waals surface area contributed by atoms with Crippen LogP contribution in [0.4, 0.5) is 0 Å². The van der Waals surface area contributed by atoms with Crippen LogP contribution in [0.5, 0.6) is 11.5 Å². The maximum atomic E-state index is 13.1. The Balaban J connectivity index is 1.40. The third-order valence-corrected chi connectivity index (χ3v) is 8.91. The summed E-state index contributed by atoms with van der Waals surface area (Å²) >= 11 is 0. The van der Waals surface area contributed by atoms with Gasteiger partial charge in [-0.15, -0.1) is 0 Å². The molecule has 5 N–H and O–H groups in total. The summed E-state index contributed by atoms with van der Waals surface area (Å²) in [6, 6.07) is 9.29. The Kier molecular flexibility index (Phi) is 7.31. The number of esters is 1. The number of hydrogen-bond acceptors (Lipinski definition) is 9. The smallest absolute Gasteiger partial charge is 0.326 e. The van der Waals surface area contributed by atoms with Gasteiger partial charge in [-0.1, -0.05) is 36.4 Å². The lowest BCUT2D eigenvalue weighted by Crippen LogP contribution is -2.71. The molecule has 1 spiro atoms. The van der Waals surface area contributed by atoms with Crippen molar-refractivity contribution in [2.75, 3.05) is 13.6 Å². The molecule has 1 amide bonds. The average molecular weight is 567 g/mol. The van der Waals surface area contributed by atoms with Crippen molar-refractivity contribution in [3.8, 4) is 11.5 Å². The number of benzene rings is 2. The highest BCUT2D eigenvalue weighted by Crippen LogP contribution is 2.62. The summed E-state index contributed by atoms with van der Waals surface area (Å²) in [5, 5.41) is 45.1. The van der Waals surface area contributed by atoms with E-state index in [0.717, 1.165) is 5.56 Å². The number of aryl methyl sites for hydroxylation is 1. The zero-order chi connectivity index (χ0) is 29.7. The number of hydrogen-bond donors (Lipinski definition) is 5. The minimum absolute atomic E-state index is 0.0976. The minimum Gasteiger partial charge on any atom is -0.504 e. The van der Waals surface area contributed by atoms with Crippen LogP contribution in [-0.4, -0.2) is 80.6 Å². The molecule has 1 fully saturated rings. The molecule has 5 rings (SSSR count). The van der Waals surface area contributed by atoms with Gasteiger partial charge in [-0.3, -0.25) is 9.59 Å². The lowest BCUT2D eigenvalue weighted by Gasteiger charge is -2.58. The second-order valence-electron chi connectivity index (χ2n) is 11.1. The van der Waals surface area contributed by atoms with Crippen LogP contribution in [-0.2, 0) is 24.5 Å². The number of fused-ring (bicyclic) bond motifs is 1. The maximum Gasteiger partial charge on any atom is 0.326 e. The van der Waals surface area contributed by atoms with Gasteiger partial charge in [0.1, 0.15) is 11.8 Å². The highest BCUT2D eigenvalue weighted by Gasteiger charge is 2.69. The molecule has 11 heteroatoms. The number of phenols is 1. The zero-order valence-electron chi connectivity index (χ0n) is 23.0. The molecule has 41 heavy (non-hydrogen) atoms. The number of amides is 1. The number of phenolic OH excluding ortho intramolecular Hbond substituents is 1. The predicted octanol–water partition coefficient (Wildman–Crippen LogP) is 1.68. The van der Waals surface area contributed by atoms with E-state index >= 15 is 0 Å². The number of aliphatic hydroxyl groups is 2. The van der Waals surface area contributed by atoms with Crippen molar-refractivity contribution in [3.63, 3.8) is 0 Å². The van der Waals surface area contributed by atoms with Crippen molar-refractivity contribution in [2.45, 2.75) is 68.4 Å².